The highest BCUT2D eigenvalue weighted by Crippen LogP contribution is 2.39. The molecule has 1 saturated carbocycles. The Morgan fingerprint density at radius 2 is 2.05 bits per heavy atom. The molecule has 1 fully saturated rings. The van der Waals surface area contributed by atoms with Crippen molar-refractivity contribution in [2.24, 2.45) is 0 Å². The summed E-state index contributed by atoms with van der Waals surface area (Å²) in [6.45, 7) is 6.19. The van der Waals surface area contributed by atoms with Crippen LogP contribution >= 0.6 is 22.9 Å². The molecule has 0 saturated heterocycles. The monoisotopic (exact) mass is 308 g/mol. The SMILES string of the molecule is Cc1nc(C)c(C(C)Nc2cc(Cl)nc(C3CC3)n2)s1. The Morgan fingerprint density at radius 1 is 1.30 bits per heavy atom. The molecule has 3 rings (SSSR count). The van der Waals surface area contributed by atoms with E-state index in [4.69, 9.17) is 11.6 Å². The summed E-state index contributed by atoms with van der Waals surface area (Å²) in [4.78, 5) is 14.6. The van der Waals surface area contributed by atoms with Crippen LogP contribution in [0.4, 0.5) is 5.82 Å². The number of aryl methyl sites for hydroxylation is 2. The maximum atomic E-state index is 6.09. The molecule has 1 aliphatic rings. The molecule has 0 bridgehead atoms. The summed E-state index contributed by atoms with van der Waals surface area (Å²) < 4.78 is 0. The fourth-order valence-corrected chi connectivity index (χ4v) is 3.39. The van der Waals surface area contributed by atoms with Gasteiger partial charge in [-0.15, -0.1) is 11.3 Å². The summed E-state index contributed by atoms with van der Waals surface area (Å²) >= 11 is 7.80. The Morgan fingerprint density at radius 3 is 2.65 bits per heavy atom. The van der Waals surface area contributed by atoms with Crippen molar-refractivity contribution in [3.05, 3.63) is 32.6 Å². The molecule has 2 heterocycles. The van der Waals surface area contributed by atoms with Gasteiger partial charge in [-0.1, -0.05) is 11.6 Å². The van der Waals surface area contributed by atoms with Crippen LogP contribution in [0.2, 0.25) is 5.15 Å². The molecule has 1 unspecified atom stereocenters. The van der Waals surface area contributed by atoms with Gasteiger partial charge in [-0.05, 0) is 33.6 Å². The topological polar surface area (TPSA) is 50.7 Å². The van der Waals surface area contributed by atoms with Crippen LogP contribution in [0.15, 0.2) is 6.07 Å². The molecule has 1 N–H and O–H groups in total. The highest BCUT2D eigenvalue weighted by Gasteiger charge is 2.27. The normalized spacial score (nSPS) is 16.2. The second-order valence-corrected chi connectivity index (χ2v) is 6.88. The number of anilines is 1. The van der Waals surface area contributed by atoms with Crippen molar-refractivity contribution in [3.63, 3.8) is 0 Å². The third kappa shape index (κ3) is 2.94. The summed E-state index contributed by atoms with van der Waals surface area (Å²) in [5.74, 6) is 2.16. The summed E-state index contributed by atoms with van der Waals surface area (Å²) in [6, 6.07) is 1.95. The molecule has 0 amide bonds. The van der Waals surface area contributed by atoms with Gasteiger partial charge >= 0.3 is 0 Å². The van der Waals surface area contributed by atoms with E-state index in [-0.39, 0.29) is 6.04 Å². The van der Waals surface area contributed by atoms with Gasteiger partial charge < -0.3 is 5.32 Å². The van der Waals surface area contributed by atoms with Crippen molar-refractivity contribution < 1.29 is 0 Å². The van der Waals surface area contributed by atoms with Crippen LogP contribution in [-0.4, -0.2) is 15.0 Å². The Hall–Kier alpha value is -1.20. The molecule has 6 heteroatoms. The van der Waals surface area contributed by atoms with Crippen molar-refractivity contribution in [1.29, 1.82) is 0 Å². The summed E-state index contributed by atoms with van der Waals surface area (Å²) in [5, 5.41) is 5.01. The van der Waals surface area contributed by atoms with E-state index < -0.39 is 0 Å². The number of aromatic nitrogens is 3. The van der Waals surface area contributed by atoms with E-state index in [2.05, 4.69) is 27.2 Å². The first-order valence-corrected chi connectivity index (χ1v) is 7.97. The fraction of sp³-hybridized carbons (Fsp3) is 0.500. The maximum Gasteiger partial charge on any atom is 0.135 e. The second-order valence-electron chi connectivity index (χ2n) is 5.26. The third-order valence-electron chi connectivity index (χ3n) is 3.35. The van der Waals surface area contributed by atoms with Gasteiger partial charge in [0.15, 0.2) is 0 Å². The molecule has 0 aliphatic heterocycles. The van der Waals surface area contributed by atoms with Crippen molar-refractivity contribution in [1.82, 2.24) is 15.0 Å². The van der Waals surface area contributed by atoms with E-state index in [0.717, 1.165) is 22.3 Å². The van der Waals surface area contributed by atoms with E-state index in [1.807, 2.05) is 13.8 Å². The second kappa shape index (κ2) is 5.30. The molecule has 106 valence electrons. The van der Waals surface area contributed by atoms with E-state index in [0.29, 0.717) is 11.1 Å². The van der Waals surface area contributed by atoms with Gasteiger partial charge in [0.2, 0.25) is 0 Å². The van der Waals surface area contributed by atoms with Gasteiger partial charge in [-0.2, -0.15) is 0 Å². The average Bonchev–Trinajstić information content (AvgIpc) is 3.14. The van der Waals surface area contributed by atoms with Crippen LogP contribution in [0.25, 0.3) is 0 Å². The Kier molecular flexibility index (Phi) is 3.65. The first-order chi connectivity index (χ1) is 9.52. The van der Waals surface area contributed by atoms with Gasteiger partial charge in [0.05, 0.1) is 16.7 Å². The summed E-state index contributed by atoms with van der Waals surface area (Å²) in [5.41, 5.74) is 1.08. The molecule has 2 aromatic heterocycles. The van der Waals surface area contributed by atoms with Crippen LogP contribution in [0.5, 0.6) is 0 Å². The van der Waals surface area contributed by atoms with Gasteiger partial charge in [-0.25, -0.2) is 15.0 Å². The molecule has 1 atom stereocenters. The zero-order chi connectivity index (χ0) is 14.3. The number of hydrogen-bond donors (Lipinski definition) is 1. The average molecular weight is 309 g/mol. The third-order valence-corrected chi connectivity index (χ3v) is 4.80. The van der Waals surface area contributed by atoms with Crippen LogP contribution in [0, 0.1) is 13.8 Å². The zero-order valence-electron chi connectivity index (χ0n) is 11.8. The molecule has 0 spiro atoms. The molecule has 20 heavy (non-hydrogen) atoms. The summed E-state index contributed by atoms with van der Waals surface area (Å²) in [7, 11) is 0. The molecule has 2 aromatic rings. The lowest BCUT2D eigenvalue weighted by Gasteiger charge is -2.14. The van der Waals surface area contributed by atoms with E-state index in [1.54, 1.807) is 17.4 Å². The van der Waals surface area contributed by atoms with Gasteiger partial charge in [0, 0.05) is 16.9 Å². The lowest BCUT2D eigenvalue weighted by molar-refractivity contribution is 0.858. The van der Waals surface area contributed by atoms with Gasteiger partial charge in [0.25, 0.3) is 0 Å². The minimum absolute atomic E-state index is 0.166. The number of rotatable bonds is 4. The van der Waals surface area contributed by atoms with Crippen LogP contribution in [0.3, 0.4) is 0 Å². The van der Waals surface area contributed by atoms with Crippen LogP contribution in [0.1, 0.15) is 53.1 Å². The molecular weight excluding hydrogens is 292 g/mol. The van der Waals surface area contributed by atoms with Crippen molar-refractivity contribution >= 4 is 28.8 Å². The van der Waals surface area contributed by atoms with Gasteiger partial charge in [0.1, 0.15) is 16.8 Å². The minimum atomic E-state index is 0.166. The molecule has 1 aliphatic carbocycles. The number of halogens is 1. The Balaban J connectivity index is 1.81. The lowest BCUT2D eigenvalue weighted by Crippen LogP contribution is -2.09. The maximum absolute atomic E-state index is 6.09. The lowest BCUT2D eigenvalue weighted by atomic mass is 10.2. The quantitative estimate of drug-likeness (QED) is 0.858. The predicted octanol–water partition coefficient (Wildman–Crippen LogP) is 4.25. The Labute approximate surface area is 127 Å². The highest BCUT2D eigenvalue weighted by atomic mass is 35.5. The number of nitrogens with one attached hydrogen (secondary N) is 1. The van der Waals surface area contributed by atoms with Gasteiger partial charge in [-0.3, -0.25) is 0 Å². The number of nitrogens with zero attached hydrogens (tertiary/aromatic N) is 3. The van der Waals surface area contributed by atoms with E-state index in [9.17, 15) is 0 Å². The molecule has 0 aromatic carbocycles. The number of thiazole rings is 1. The minimum Gasteiger partial charge on any atom is -0.363 e. The molecular formula is C14H17ClN4S. The summed E-state index contributed by atoms with van der Waals surface area (Å²) in [6.07, 6.45) is 2.34. The van der Waals surface area contributed by atoms with Crippen LogP contribution < -0.4 is 5.32 Å². The standard InChI is InChI=1S/C14H17ClN4S/c1-7-13(20-9(3)16-7)8(2)17-12-6-11(15)18-14(19-12)10-4-5-10/h6,8,10H,4-5H2,1-3H3,(H,17,18,19). The van der Waals surface area contributed by atoms with E-state index in [1.165, 1.54) is 17.7 Å². The predicted molar refractivity (Wildman–Crippen MR) is 82.6 cm³/mol. The van der Waals surface area contributed by atoms with Crippen molar-refractivity contribution in [3.8, 4) is 0 Å². The van der Waals surface area contributed by atoms with Crippen LogP contribution in [-0.2, 0) is 0 Å². The largest absolute Gasteiger partial charge is 0.363 e. The highest BCUT2D eigenvalue weighted by molar-refractivity contribution is 7.11. The Bertz CT molecular complexity index is 636. The van der Waals surface area contributed by atoms with Crippen molar-refractivity contribution in [2.45, 2.75) is 45.6 Å². The molecule has 0 radical (unpaired) electrons. The van der Waals surface area contributed by atoms with E-state index >= 15 is 0 Å². The molecule has 4 nitrogen and oxygen atoms in total. The first kappa shape index (κ1) is 13.8. The zero-order valence-corrected chi connectivity index (χ0v) is 13.3. The fourth-order valence-electron chi connectivity index (χ4n) is 2.27. The first-order valence-electron chi connectivity index (χ1n) is 6.78. The van der Waals surface area contributed by atoms with Crippen molar-refractivity contribution in [2.75, 3.05) is 5.32 Å². The smallest absolute Gasteiger partial charge is 0.135 e. The number of hydrogen-bond acceptors (Lipinski definition) is 5.